The molecule has 118 valence electrons. The average molecular weight is 280 g/mol. The van der Waals surface area contributed by atoms with E-state index in [9.17, 15) is 0 Å². The largest absolute Gasteiger partial charge is 0.271 e. The van der Waals surface area contributed by atoms with Gasteiger partial charge in [-0.15, -0.1) is 0 Å². The summed E-state index contributed by atoms with van der Waals surface area (Å²) in [4.78, 5) is 0. The van der Waals surface area contributed by atoms with E-state index in [2.05, 4.69) is 12.3 Å². The van der Waals surface area contributed by atoms with Crippen molar-refractivity contribution in [3.8, 4) is 0 Å². The van der Waals surface area contributed by atoms with Gasteiger partial charge in [0, 0.05) is 6.04 Å². The lowest BCUT2D eigenvalue weighted by Gasteiger charge is -2.37. The molecule has 0 aliphatic heterocycles. The van der Waals surface area contributed by atoms with Crippen molar-refractivity contribution in [3.63, 3.8) is 0 Å². The Hall–Kier alpha value is -0.0800. The minimum Gasteiger partial charge on any atom is -0.271 e. The quantitative estimate of drug-likeness (QED) is 0.417. The summed E-state index contributed by atoms with van der Waals surface area (Å²) < 4.78 is 0. The van der Waals surface area contributed by atoms with Gasteiger partial charge >= 0.3 is 0 Å². The summed E-state index contributed by atoms with van der Waals surface area (Å²) in [5.41, 5.74) is 3.23. The van der Waals surface area contributed by atoms with Crippen LogP contribution in [0.25, 0.3) is 0 Å². The highest BCUT2D eigenvalue weighted by molar-refractivity contribution is 4.86. The van der Waals surface area contributed by atoms with E-state index in [4.69, 9.17) is 5.84 Å². The van der Waals surface area contributed by atoms with Crippen molar-refractivity contribution in [2.75, 3.05) is 0 Å². The maximum Gasteiger partial charge on any atom is 0.0266 e. The lowest BCUT2D eigenvalue weighted by atomic mass is 9.73. The second-order valence-corrected chi connectivity index (χ2v) is 7.37. The average Bonchev–Trinajstić information content (AvgIpc) is 2.76. The van der Waals surface area contributed by atoms with E-state index in [0.29, 0.717) is 6.04 Å². The van der Waals surface area contributed by atoms with Gasteiger partial charge in [0.15, 0.2) is 0 Å². The van der Waals surface area contributed by atoms with Crippen LogP contribution < -0.4 is 11.3 Å². The first-order chi connectivity index (χ1) is 9.85. The zero-order valence-electron chi connectivity index (χ0n) is 13.6. The molecule has 2 fully saturated rings. The molecule has 2 rings (SSSR count). The van der Waals surface area contributed by atoms with Gasteiger partial charge in [-0.3, -0.25) is 11.3 Å². The molecule has 1 atom stereocenters. The van der Waals surface area contributed by atoms with Gasteiger partial charge in [0.05, 0.1) is 0 Å². The Morgan fingerprint density at radius 3 is 2.05 bits per heavy atom. The number of nitrogens with one attached hydrogen (secondary N) is 1. The van der Waals surface area contributed by atoms with Gasteiger partial charge in [-0.1, -0.05) is 64.7 Å². The van der Waals surface area contributed by atoms with E-state index >= 15 is 0 Å². The Bertz CT molecular complexity index is 238. The third kappa shape index (κ3) is 4.73. The molecule has 0 aromatic carbocycles. The van der Waals surface area contributed by atoms with Crippen LogP contribution in [0.4, 0.5) is 0 Å². The molecular formula is C18H36N2. The fourth-order valence-electron chi connectivity index (χ4n) is 4.66. The molecule has 2 saturated carbocycles. The van der Waals surface area contributed by atoms with Gasteiger partial charge in [-0.25, -0.2) is 0 Å². The summed E-state index contributed by atoms with van der Waals surface area (Å²) in [5.74, 6) is 8.66. The smallest absolute Gasteiger partial charge is 0.0266 e. The molecule has 1 unspecified atom stereocenters. The van der Waals surface area contributed by atoms with E-state index in [1.54, 1.807) is 0 Å². The third-order valence-corrected chi connectivity index (χ3v) is 5.97. The van der Waals surface area contributed by atoms with Crippen LogP contribution in [0.1, 0.15) is 90.4 Å². The summed E-state index contributed by atoms with van der Waals surface area (Å²) in [6.07, 6.45) is 18.5. The molecule has 0 aromatic heterocycles. The van der Waals surface area contributed by atoms with E-state index in [-0.39, 0.29) is 0 Å². The molecular weight excluding hydrogens is 244 g/mol. The summed E-state index contributed by atoms with van der Waals surface area (Å²) in [5, 5.41) is 0. The van der Waals surface area contributed by atoms with Crippen molar-refractivity contribution in [1.29, 1.82) is 0 Å². The van der Waals surface area contributed by atoms with Crippen molar-refractivity contribution in [3.05, 3.63) is 0 Å². The Morgan fingerprint density at radius 2 is 1.50 bits per heavy atom. The first kappa shape index (κ1) is 16.3. The van der Waals surface area contributed by atoms with Crippen molar-refractivity contribution in [1.82, 2.24) is 5.43 Å². The third-order valence-electron chi connectivity index (χ3n) is 5.97. The zero-order valence-corrected chi connectivity index (χ0v) is 13.6. The molecule has 20 heavy (non-hydrogen) atoms. The van der Waals surface area contributed by atoms with E-state index in [1.807, 2.05) is 0 Å². The molecule has 2 nitrogen and oxygen atoms in total. The maximum atomic E-state index is 5.95. The second kappa shape index (κ2) is 9.04. The Labute approximate surface area is 126 Å². The maximum absolute atomic E-state index is 5.95. The normalized spacial score (nSPS) is 30.9. The minimum absolute atomic E-state index is 0.597. The number of nitrogens with two attached hydrogens (primary N) is 1. The SMILES string of the molecule is CCCCC1CCC(C(NN)C2CCCCCC2)CC1. The van der Waals surface area contributed by atoms with Crippen LogP contribution in [-0.4, -0.2) is 6.04 Å². The van der Waals surface area contributed by atoms with Gasteiger partial charge < -0.3 is 0 Å². The van der Waals surface area contributed by atoms with Crippen LogP contribution in [0, 0.1) is 17.8 Å². The number of hydrazine groups is 1. The van der Waals surface area contributed by atoms with Crippen LogP contribution in [0.15, 0.2) is 0 Å². The molecule has 0 saturated heterocycles. The van der Waals surface area contributed by atoms with Crippen molar-refractivity contribution >= 4 is 0 Å². The number of hydrogen-bond acceptors (Lipinski definition) is 2. The Morgan fingerprint density at radius 1 is 0.900 bits per heavy atom. The lowest BCUT2D eigenvalue weighted by molar-refractivity contribution is 0.163. The lowest BCUT2D eigenvalue weighted by Crippen LogP contribution is -2.47. The molecule has 0 bridgehead atoms. The first-order valence-corrected chi connectivity index (χ1v) is 9.31. The van der Waals surface area contributed by atoms with Crippen LogP contribution in [0.2, 0.25) is 0 Å². The molecule has 0 spiro atoms. The first-order valence-electron chi connectivity index (χ1n) is 9.31. The van der Waals surface area contributed by atoms with E-state index < -0.39 is 0 Å². The monoisotopic (exact) mass is 280 g/mol. The van der Waals surface area contributed by atoms with Crippen LogP contribution in [0.5, 0.6) is 0 Å². The fraction of sp³-hybridized carbons (Fsp3) is 1.00. The molecule has 2 heteroatoms. The van der Waals surface area contributed by atoms with Crippen molar-refractivity contribution in [2.24, 2.45) is 23.6 Å². The highest BCUT2D eigenvalue weighted by Crippen LogP contribution is 2.38. The molecule has 2 aliphatic carbocycles. The van der Waals surface area contributed by atoms with Gasteiger partial charge in [0.2, 0.25) is 0 Å². The highest BCUT2D eigenvalue weighted by Gasteiger charge is 2.32. The van der Waals surface area contributed by atoms with Crippen LogP contribution in [-0.2, 0) is 0 Å². The Balaban J connectivity index is 1.80. The highest BCUT2D eigenvalue weighted by atomic mass is 15.2. The number of rotatable bonds is 6. The zero-order chi connectivity index (χ0) is 14.2. The van der Waals surface area contributed by atoms with E-state index in [0.717, 1.165) is 17.8 Å². The number of unbranched alkanes of at least 4 members (excludes halogenated alkanes) is 1. The van der Waals surface area contributed by atoms with Gasteiger partial charge in [0.25, 0.3) is 0 Å². The Kier molecular flexibility index (Phi) is 7.37. The molecule has 0 radical (unpaired) electrons. The van der Waals surface area contributed by atoms with Crippen molar-refractivity contribution < 1.29 is 0 Å². The van der Waals surface area contributed by atoms with Gasteiger partial charge in [-0.05, 0) is 43.4 Å². The van der Waals surface area contributed by atoms with Crippen molar-refractivity contribution in [2.45, 2.75) is 96.4 Å². The topological polar surface area (TPSA) is 38.0 Å². The summed E-state index contributed by atoms with van der Waals surface area (Å²) in [6, 6.07) is 0.597. The van der Waals surface area contributed by atoms with Crippen LogP contribution in [0.3, 0.4) is 0 Å². The number of hydrogen-bond donors (Lipinski definition) is 2. The fourth-order valence-corrected chi connectivity index (χ4v) is 4.66. The molecule has 2 aliphatic rings. The molecule has 0 amide bonds. The van der Waals surface area contributed by atoms with Gasteiger partial charge in [0.1, 0.15) is 0 Å². The standard InChI is InChI=1S/C18H36N2/c1-2-3-8-15-11-13-17(14-12-15)18(20-19)16-9-6-4-5-7-10-16/h15-18,20H,2-14,19H2,1H3. The predicted molar refractivity (Wildman–Crippen MR) is 87.3 cm³/mol. The summed E-state index contributed by atoms with van der Waals surface area (Å²) >= 11 is 0. The molecule has 0 aromatic rings. The summed E-state index contributed by atoms with van der Waals surface area (Å²) in [6.45, 7) is 2.31. The molecule has 3 N–H and O–H groups in total. The minimum atomic E-state index is 0.597. The predicted octanol–water partition coefficient (Wildman–Crippen LogP) is 4.79. The van der Waals surface area contributed by atoms with E-state index in [1.165, 1.54) is 83.5 Å². The molecule has 0 heterocycles. The summed E-state index contributed by atoms with van der Waals surface area (Å²) in [7, 11) is 0. The van der Waals surface area contributed by atoms with Crippen LogP contribution >= 0.6 is 0 Å². The second-order valence-electron chi connectivity index (χ2n) is 7.37. The van der Waals surface area contributed by atoms with Gasteiger partial charge in [-0.2, -0.15) is 0 Å².